The van der Waals surface area contributed by atoms with E-state index in [1.165, 1.54) is 0 Å². The van der Waals surface area contributed by atoms with Crippen LogP contribution in [-0.4, -0.2) is 25.7 Å². The van der Waals surface area contributed by atoms with Crippen LogP contribution in [0, 0.1) is 13.8 Å². The van der Waals surface area contributed by atoms with E-state index in [0.717, 1.165) is 16.9 Å². The standard InChI is InChI=1S/C24H25NO4/c1-18-14-19(2)16-21(15-18)29-17-24(26)25-22-10-6-7-11-23(22)28-13-12-27-20-8-4-3-5-9-20/h3-11,14-16H,12-13,17H2,1-2H3,(H,25,26). The zero-order valence-electron chi connectivity index (χ0n) is 16.7. The van der Waals surface area contributed by atoms with Gasteiger partial charge in [0, 0.05) is 0 Å². The molecule has 0 bridgehead atoms. The van der Waals surface area contributed by atoms with Gasteiger partial charge in [-0.05, 0) is 61.4 Å². The van der Waals surface area contributed by atoms with Crippen LogP contribution in [0.3, 0.4) is 0 Å². The highest BCUT2D eigenvalue weighted by molar-refractivity contribution is 5.93. The number of hydrogen-bond acceptors (Lipinski definition) is 4. The summed E-state index contributed by atoms with van der Waals surface area (Å²) in [6.07, 6.45) is 0. The summed E-state index contributed by atoms with van der Waals surface area (Å²) in [5.41, 5.74) is 2.79. The average Bonchev–Trinajstić information content (AvgIpc) is 2.71. The Morgan fingerprint density at radius 3 is 2.17 bits per heavy atom. The molecule has 0 fully saturated rings. The Labute approximate surface area is 171 Å². The summed E-state index contributed by atoms with van der Waals surface area (Å²) in [6.45, 7) is 4.68. The Morgan fingerprint density at radius 1 is 0.759 bits per heavy atom. The van der Waals surface area contributed by atoms with Gasteiger partial charge in [0.15, 0.2) is 6.61 Å². The Bertz CT molecular complexity index is 920. The lowest BCUT2D eigenvalue weighted by Gasteiger charge is -2.13. The molecule has 0 aliphatic carbocycles. The molecule has 0 unspecified atom stereocenters. The molecule has 0 aromatic heterocycles. The first-order valence-electron chi connectivity index (χ1n) is 9.51. The number of carbonyl (C=O) groups excluding carboxylic acids is 1. The highest BCUT2D eigenvalue weighted by Gasteiger charge is 2.09. The maximum atomic E-state index is 12.3. The minimum absolute atomic E-state index is 0.0751. The fourth-order valence-corrected chi connectivity index (χ4v) is 2.88. The first-order chi connectivity index (χ1) is 14.1. The van der Waals surface area contributed by atoms with Gasteiger partial charge >= 0.3 is 0 Å². The second kappa shape index (κ2) is 10.2. The third-order valence-electron chi connectivity index (χ3n) is 4.08. The van der Waals surface area contributed by atoms with Gasteiger partial charge in [0.25, 0.3) is 5.91 Å². The number of benzene rings is 3. The number of carbonyl (C=O) groups is 1. The SMILES string of the molecule is Cc1cc(C)cc(OCC(=O)Nc2ccccc2OCCOc2ccccc2)c1. The Hall–Kier alpha value is -3.47. The monoisotopic (exact) mass is 391 g/mol. The first kappa shape index (κ1) is 20.3. The molecular formula is C24H25NO4. The summed E-state index contributed by atoms with van der Waals surface area (Å²) in [7, 11) is 0. The number of ether oxygens (including phenoxy) is 3. The molecule has 0 spiro atoms. The second-order valence-corrected chi connectivity index (χ2v) is 6.67. The molecule has 3 aromatic rings. The van der Waals surface area contributed by atoms with Crippen molar-refractivity contribution in [1.82, 2.24) is 0 Å². The number of anilines is 1. The number of amides is 1. The van der Waals surface area contributed by atoms with Crippen LogP contribution in [0.25, 0.3) is 0 Å². The van der Waals surface area contributed by atoms with Crippen molar-refractivity contribution in [2.24, 2.45) is 0 Å². The summed E-state index contributed by atoms with van der Waals surface area (Å²) in [5, 5.41) is 2.84. The molecule has 0 aliphatic heterocycles. The highest BCUT2D eigenvalue weighted by Crippen LogP contribution is 2.24. The van der Waals surface area contributed by atoms with Gasteiger partial charge in [0.05, 0.1) is 5.69 Å². The topological polar surface area (TPSA) is 56.8 Å². The van der Waals surface area contributed by atoms with Gasteiger partial charge in [-0.3, -0.25) is 4.79 Å². The minimum Gasteiger partial charge on any atom is -0.490 e. The molecule has 3 rings (SSSR count). The fourth-order valence-electron chi connectivity index (χ4n) is 2.88. The van der Waals surface area contributed by atoms with E-state index in [1.807, 2.05) is 74.5 Å². The first-order valence-corrected chi connectivity index (χ1v) is 9.51. The molecule has 0 saturated heterocycles. The molecule has 0 saturated carbocycles. The van der Waals surface area contributed by atoms with Crippen molar-refractivity contribution in [3.8, 4) is 17.2 Å². The summed E-state index contributed by atoms with van der Waals surface area (Å²) in [4.78, 5) is 12.3. The molecule has 0 atom stereocenters. The number of hydrogen-bond donors (Lipinski definition) is 1. The normalized spacial score (nSPS) is 10.3. The Balaban J connectivity index is 1.49. The van der Waals surface area contributed by atoms with Crippen molar-refractivity contribution < 1.29 is 19.0 Å². The number of nitrogens with one attached hydrogen (secondary N) is 1. The van der Waals surface area contributed by atoms with Crippen LogP contribution in [0.4, 0.5) is 5.69 Å². The van der Waals surface area contributed by atoms with Crippen LogP contribution in [-0.2, 0) is 4.79 Å². The average molecular weight is 391 g/mol. The van der Waals surface area contributed by atoms with E-state index in [1.54, 1.807) is 6.07 Å². The third kappa shape index (κ3) is 6.57. The van der Waals surface area contributed by atoms with Crippen LogP contribution in [0.5, 0.6) is 17.2 Å². The van der Waals surface area contributed by atoms with Crippen molar-refractivity contribution in [2.75, 3.05) is 25.1 Å². The Kier molecular flexibility index (Phi) is 7.11. The van der Waals surface area contributed by atoms with E-state index < -0.39 is 0 Å². The van der Waals surface area contributed by atoms with E-state index in [2.05, 4.69) is 11.4 Å². The van der Waals surface area contributed by atoms with E-state index in [0.29, 0.717) is 30.4 Å². The molecule has 150 valence electrons. The molecule has 5 heteroatoms. The summed E-state index contributed by atoms with van der Waals surface area (Å²) in [6, 6.07) is 22.7. The number of aryl methyl sites for hydroxylation is 2. The van der Waals surface area contributed by atoms with Crippen LogP contribution < -0.4 is 19.5 Å². The van der Waals surface area contributed by atoms with E-state index in [9.17, 15) is 4.79 Å². The van der Waals surface area contributed by atoms with Crippen LogP contribution in [0.1, 0.15) is 11.1 Å². The molecule has 29 heavy (non-hydrogen) atoms. The lowest BCUT2D eigenvalue weighted by Crippen LogP contribution is -2.21. The highest BCUT2D eigenvalue weighted by atomic mass is 16.5. The summed E-state index contributed by atoms with van der Waals surface area (Å²) < 4.78 is 17.0. The molecular weight excluding hydrogens is 366 g/mol. The molecule has 3 aromatic carbocycles. The summed E-state index contributed by atoms with van der Waals surface area (Å²) in [5.74, 6) is 1.81. The Morgan fingerprint density at radius 2 is 1.41 bits per heavy atom. The molecule has 5 nitrogen and oxygen atoms in total. The van der Waals surface area contributed by atoms with E-state index >= 15 is 0 Å². The van der Waals surface area contributed by atoms with Crippen molar-refractivity contribution in [3.63, 3.8) is 0 Å². The fraction of sp³-hybridized carbons (Fsp3) is 0.208. The molecule has 1 amide bonds. The van der Waals surface area contributed by atoms with Gasteiger partial charge in [0.2, 0.25) is 0 Å². The summed E-state index contributed by atoms with van der Waals surface area (Å²) >= 11 is 0. The number of para-hydroxylation sites is 3. The van der Waals surface area contributed by atoms with E-state index in [-0.39, 0.29) is 12.5 Å². The van der Waals surface area contributed by atoms with Crippen molar-refractivity contribution in [2.45, 2.75) is 13.8 Å². The second-order valence-electron chi connectivity index (χ2n) is 6.67. The van der Waals surface area contributed by atoms with Gasteiger partial charge in [-0.25, -0.2) is 0 Å². The van der Waals surface area contributed by atoms with E-state index in [4.69, 9.17) is 14.2 Å². The van der Waals surface area contributed by atoms with Crippen LogP contribution in [0.2, 0.25) is 0 Å². The van der Waals surface area contributed by atoms with Gasteiger partial charge in [-0.1, -0.05) is 36.4 Å². The molecule has 0 radical (unpaired) electrons. The van der Waals surface area contributed by atoms with Crippen LogP contribution >= 0.6 is 0 Å². The quantitative estimate of drug-likeness (QED) is 0.534. The molecule has 1 N–H and O–H groups in total. The zero-order valence-corrected chi connectivity index (χ0v) is 16.7. The lowest BCUT2D eigenvalue weighted by atomic mass is 10.1. The van der Waals surface area contributed by atoms with Crippen LogP contribution in [0.15, 0.2) is 72.8 Å². The predicted molar refractivity (Wildman–Crippen MR) is 114 cm³/mol. The zero-order chi connectivity index (χ0) is 20.5. The van der Waals surface area contributed by atoms with Gasteiger partial charge in [0.1, 0.15) is 30.5 Å². The maximum absolute atomic E-state index is 12.3. The molecule has 0 heterocycles. The van der Waals surface area contributed by atoms with Crippen molar-refractivity contribution >= 4 is 11.6 Å². The minimum atomic E-state index is -0.249. The van der Waals surface area contributed by atoms with Gasteiger partial charge in [-0.2, -0.15) is 0 Å². The largest absolute Gasteiger partial charge is 0.490 e. The van der Waals surface area contributed by atoms with Gasteiger partial charge in [-0.15, -0.1) is 0 Å². The lowest BCUT2D eigenvalue weighted by molar-refractivity contribution is -0.118. The van der Waals surface area contributed by atoms with Gasteiger partial charge < -0.3 is 19.5 Å². The predicted octanol–water partition coefficient (Wildman–Crippen LogP) is 4.78. The smallest absolute Gasteiger partial charge is 0.262 e. The third-order valence-corrected chi connectivity index (χ3v) is 4.08. The molecule has 0 aliphatic rings. The van der Waals surface area contributed by atoms with Crippen molar-refractivity contribution in [1.29, 1.82) is 0 Å². The maximum Gasteiger partial charge on any atom is 0.262 e. The van der Waals surface area contributed by atoms with Crippen molar-refractivity contribution in [3.05, 3.63) is 83.9 Å². The number of rotatable bonds is 9.